The number of nitrogens with two attached hydrogens (primary N) is 1. The van der Waals surface area contributed by atoms with Gasteiger partial charge in [0, 0.05) is 18.3 Å². The summed E-state index contributed by atoms with van der Waals surface area (Å²) in [6.45, 7) is 5.05. The quantitative estimate of drug-likeness (QED) is 0.634. The van der Waals surface area contributed by atoms with Crippen LogP contribution in [-0.4, -0.2) is 10.9 Å². The fraction of sp³-hybridized carbons (Fsp3) is 0.400. The van der Waals surface area contributed by atoms with Crippen LogP contribution in [0.2, 0.25) is 0 Å². The standard InChI is InChI=1S/C10H14BrNO2/c1-6-4-8(12)9(5-7(6)11)14-10(2,3)13/h4-5,13H,12H2,1-3H3. The lowest BCUT2D eigenvalue weighted by Crippen LogP contribution is -2.27. The van der Waals surface area contributed by atoms with Crippen LogP contribution < -0.4 is 10.5 Å². The van der Waals surface area contributed by atoms with E-state index < -0.39 is 5.79 Å². The average Bonchev–Trinajstić information content (AvgIpc) is 1.97. The Bertz CT molecular complexity index is 345. The number of aliphatic hydroxyl groups is 1. The molecule has 3 N–H and O–H groups in total. The highest BCUT2D eigenvalue weighted by molar-refractivity contribution is 9.10. The molecule has 0 radical (unpaired) electrons. The Morgan fingerprint density at radius 1 is 1.43 bits per heavy atom. The molecule has 0 unspecified atom stereocenters. The first kappa shape index (κ1) is 11.3. The van der Waals surface area contributed by atoms with E-state index in [0.717, 1.165) is 10.0 Å². The van der Waals surface area contributed by atoms with Crippen LogP contribution in [0.1, 0.15) is 19.4 Å². The minimum atomic E-state index is -1.22. The normalized spacial score (nSPS) is 11.5. The van der Waals surface area contributed by atoms with Gasteiger partial charge in [-0.1, -0.05) is 15.9 Å². The molecule has 0 aliphatic heterocycles. The zero-order valence-corrected chi connectivity index (χ0v) is 10.1. The van der Waals surface area contributed by atoms with E-state index in [2.05, 4.69) is 15.9 Å². The number of anilines is 1. The second kappa shape index (κ2) is 3.79. The van der Waals surface area contributed by atoms with Crippen LogP contribution in [0, 0.1) is 6.92 Å². The van der Waals surface area contributed by atoms with Crippen molar-refractivity contribution in [1.82, 2.24) is 0 Å². The van der Waals surface area contributed by atoms with Crippen molar-refractivity contribution in [3.05, 3.63) is 22.2 Å². The van der Waals surface area contributed by atoms with Gasteiger partial charge in [-0.3, -0.25) is 0 Å². The van der Waals surface area contributed by atoms with E-state index in [-0.39, 0.29) is 0 Å². The molecule has 1 aromatic carbocycles. The maximum atomic E-state index is 9.46. The van der Waals surface area contributed by atoms with Gasteiger partial charge in [0.2, 0.25) is 5.79 Å². The molecular formula is C10H14BrNO2. The highest BCUT2D eigenvalue weighted by atomic mass is 79.9. The molecule has 0 aromatic heterocycles. The molecule has 1 aromatic rings. The van der Waals surface area contributed by atoms with Crippen LogP contribution in [0.25, 0.3) is 0 Å². The van der Waals surface area contributed by atoms with Crippen molar-refractivity contribution in [1.29, 1.82) is 0 Å². The molecule has 0 fully saturated rings. The monoisotopic (exact) mass is 259 g/mol. The molecule has 78 valence electrons. The van der Waals surface area contributed by atoms with Gasteiger partial charge < -0.3 is 15.6 Å². The zero-order chi connectivity index (χ0) is 10.9. The molecule has 3 nitrogen and oxygen atoms in total. The van der Waals surface area contributed by atoms with Gasteiger partial charge in [0.05, 0.1) is 5.69 Å². The molecule has 1 rings (SSSR count). The number of rotatable bonds is 2. The number of hydrogen-bond acceptors (Lipinski definition) is 3. The summed E-state index contributed by atoms with van der Waals surface area (Å²) >= 11 is 3.37. The van der Waals surface area contributed by atoms with Crippen LogP contribution in [0.15, 0.2) is 16.6 Å². The van der Waals surface area contributed by atoms with Crippen LogP contribution in [0.3, 0.4) is 0 Å². The Balaban J connectivity index is 3.04. The molecular weight excluding hydrogens is 246 g/mol. The Kier molecular flexibility index (Phi) is 3.07. The molecule has 14 heavy (non-hydrogen) atoms. The Morgan fingerprint density at radius 3 is 2.50 bits per heavy atom. The van der Waals surface area contributed by atoms with Gasteiger partial charge >= 0.3 is 0 Å². The molecule has 0 heterocycles. The van der Waals surface area contributed by atoms with Gasteiger partial charge in [-0.15, -0.1) is 0 Å². The topological polar surface area (TPSA) is 55.5 Å². The van der Waals surface area contributed by atoms with Gasteiger partial charge in [0.15, 0.2) is 0 Å². The van der Waals surface area contributed by atoms with Crippen LogP contribution in [0.5, 0.6) is 5.75 Å². The van der Waals surface area contributed by atoms with E-state index in [1.165, 1.54) is 0 Å². The van der Waals surface area contributed by atoms with Crippen molar-refractivity contribution in [3.8, 4) is 5.75 Å². The first-order chi connectivity index (χ1) is 6.29. The molecule has 4 heteroatoms. The maximum absolute atomic E-state index is 9.46. The summed E-state index contributed by atoms with van der Waals surface area (Å²) in [6, 6.07) is 3.55. The van der Waals surface area contributed by atoms with Gasteiger partial charge in [-0.2, -0.15) is 0 Å². The van der Waals surface area contributed by atoms with Gasteiger partial charge in [0.25, 0.3) is 0 Å². The number of aryl methyl sites for hydroxylation is 1. The molecule has 0 atom stereocenters. The van der Waals surface area contributed by atoms with Crippen molar-refractivity contribution in [2.75, 3.05) is 5.73 Å². The van der Waals surface area contributed by atoms with Crippen LogP contribution >= 0.6 is 15.9 Å². The number of halogens is 1. The van der Waals surface area contributed by atoms with E-state index in [1.807, 2.05) is 6.92 Å². The molecule has 0 bridgehead atoms. The van der Waals surface area contributed by atoms with E-state index in [1.54, 1.807) is 26.0 Å². The highest BCUT2D eigenvalue weighted by Gasteiger charge is 2.16. The molecule has 0 saturated heterocycles. The first-order valence-corrected chi connectivity index (χ1v) is 5.06. The lowest BCUT2D eigenvalue weighted by Gasteiger charge is -2.21. The second-order valence-electron chi connectivity index (χ2n) is 3.69. The summed E-state index contributed by atoms with van der Waals surface area (Å²) in [4.78, 5) is 0. The molecule has 0 spiro atoms. The van der Waals surface area contributed by atoms with E-state index in [9.17, 15) is 5.11 Å². The third-order valence-corrected chi connectivity index (χ3v) is 2.51. The summed E-state index contributed by atoms with van der Waals surface area (Å²) < 4.78 is 6.18. The average molecular weight is 260 g/mol. The predicted octanol–water partition coefficient (Wildman–Crippen LogP) is 2.45. The van der Waals surface area contributed by atoms with E-state index >= 15 is 0 Å². The highest BCUT2D eigenvalue weighted by Crippen LogP contribution is 2.30. The third-order valence-electron chi connectivity index (χ3n) is 1.65. The van der Waals surface area contributed by atoms with Crippen molar-refractivity contribution < 1.29 is 9.84 Å². The number of hydrogen-bond donors (Lipinski definition) is 2. The summed E-state index contributed by atoms with van der Waals surface area (Å²) in [5.41, 5.74) is 7.29. The summed E-state index contributed by atoms with van der Waals surface area (Å²) in [5, 5.41) is 9.46. The first-order valence-electron chi connectivity index (χ1n) is 4.26. The fourth-order valence-electron chi connectivity index (χ4n) is 1.04. The Morgan fingerprint density at radius 2 is 2.00 bits per heavy atom. The van der Waals surface area contributed by atoms with Gasteiger partial charge in [-0.05, 0) is 24.6 Å². The van der Waals surface area contributed by atoms with E-state index in [4.69, 9.17) is 10.5 Å². The maximum Gasteiger partial charge on any atom is 0.202 e. The van der Waals surface area contributed by atoms with Gasteiger partial charge in [-0.25, -0.2) is 0 Å². The Labute approximate surface area is 92.0 Å². The van der Waals surface area contributed by atoms with Crippen LogP contribution in [0.4, 0.5) is 5.69 Å². The van der Waals surface area contributed by atoms with Crippen molar-refractivity contribution in [2.45, 2.75) is 26.6 Å². The van der Waals surface area contributed by atoms with Crippen molar-refractivity contribution in [2.24, 2.45) is 0 Å². The van der Waals surface area contributed by atoms with Crippen molar-refractivity contribution >= 4 is 21.6 Å². The minimum Gasteiger partial charge on any atom is -0.461 e. The fourth-order valence-corrected chi connectivity index (χ4v) is 1.37. The lowest BCUT2D eigenvalue weighted by molar-refractivity contribution is -0.104. The lowest BCUT2D eigenvalue weighted by atomic mass is 10.2. The zero-order valence-electron chi connectivity index (χ0n) is 8.47. The summed E-state index contributed by atoms with van der Waals surface area (Å²) in [5.74, 6) is -0.738. The largest absolute Gasteiger partial charge is 0.461 e. The molecule has 0 saturated carbocycles. The summed E-state index contributed by atoms with van der Waals surface area (Å²) in [7, 11) is 0. The molecule has 0 aliphatic carbocycles. The molecule has 0 amide bonds. The minimum absolute atomic E-state index is 0.481. The second-order valence-corrected chi connectivity index (χ2v) is 4.54. The SMILES string of the molecule is Cc1cc(N)c(OC(C)(C)O)cc1Br. The Hall–Kier alpha value is -0.740. The van der Waals surface area contributed by atoms with Gasteiger partial charge in [0.1, 0.15) is 5.75 Å². The summed E-state index contributed by atoms with van der Waals surface area (Å²) in [6.07, 6.45) is 0. The van der Waals surface area contributed by atoms with E-state index in [0.29, 0.717) is 11.4 Å². The number of nitrogen functional groups attached to an aromatic ring is 1. The van der Waals surface area contributed by atoms with Crippen molar-refractivity contribution in [3.63, 3.8) is 0 Å². The predicted molar refractivity (Wildman–Crippen MR) is 60.2 cm³/mol. The third kappa shape index (κ3) is 2.89. The number of benzene rings is 1. The van der Waals surface area contributed by atoms with Crippen LogP contribution in [-0.2, 0) is 0 Å². The smallest absolute Gasteiger partial charge is 0.202 e. The molecule has 0 aliphatic rings. The number of ether oxygens (including phenoxy) is 1.